The number of hydrogen-bond acceptors (Lipinski definition) is 4. The lowest BCUT2D eigenvalue weighted by molar-refractivity contribution is -0.122. The highest BCUT2D eigenvalue weighted by Gasteiger charge is 2.29. The van der Waals surface area contributed by atoms with Gasteiger partial charge in [0.15, 0.2) is 0 Å². The molecule has 1 aliphatic carbocycles. The second kappa shape index (κ2) is 6.48. The summed E-state index contributed by atoms with van der Waals surface area (Å²) in [6.07, 6.45) is 5.37. The van der Waals surface area contributed by atoms with Crippen molar-refractivity contribution in [3.8, 4) is 0 Å². The van der Waals surface area contributed by atoms with Crippen molar-refractivity contribution in [1.82, 2.24) is 16.0 Å². The van der Waals surface area contributed by atoms with Gasteiger partial charge in [0.2, 0.25) is 5.91 Å². The molecule has 118 valence electrons. The highest BCUT2D eigenvalue weighted by molar-refractivity contribution is 7.12. The van der Waals surface area contributed by atoms with E-state index in [0.717, 1.165) is 12.8 Å². The molecule has 7 heteroatoms. The van der Waals surface area contributed by atoms with E-state index in [1.165, 1.54) is 28.2 Å². The zero-order chi connectivity index (χ0) is 15.5. The van der Waals surface area contributed by atoms with E-state index in [9.17, 15) is 14.4 Å². The number of thiophene rings is 1. The number of urea groups is 1. The van der Waals surface area contributed by atoms with Crippen molar-refractivity contribution in [2.75, 3.05) is 0 Å². The zero-order valence-corrected chi connectivity index (χ0v) is 13.1. The average Bonchev–Trinajstić information content (AvgIpc) is 3.05. The van der Waals surface area contributed by atoms with Crippen LogP contribution in [-0.2, 0) is 29.0 Å². The predicted octanol–water partition coefficient (Wildman–Crippen LogP) is 1.23. The molecule has 0 bridgehead atoms. The predicted molar refractivity (Wildman–Crippen MR) is 82.5 cm³/mol. The van der Waals surface area contributed by atoms with Gasteiger partial charge in [-0.15, -0.1) is 11.3 Å². The van der Waals surface area contributed by atoms with Crippen LogP contribution in [0.3, 0.4) is 0 Å². The van der Waals surface area contributed by atoms with Crippen LogP contribution in [0.5, 0.6) is 0 Å². The van der Waals surface area contributed by atoms with Gasteiger partial charge >= 0.3 is 6.03 Å². The molecule has 3 rings (SSSR count). The SMILES string of the molecule is O=C(CC[C@H]1NC(=O)NC1=O)NCc1cc2c(s1)CCCC2. The molecule has 1 aromatic rings. The van der Waals surface area contributed by atoms with Crippen LogP contribution in [0.25, 0.3) is 0 Å². The summed E-state index contributed by atoms with van der Waals surface area (Å²) in [5, 5.41) is 7.53. The van der Waals surface area contributed by atoms with Gasteiger partial charge in [-0.05, 0) is 43.7 Å². The van der Waals surface area contributed by atoms with Gasteiger partial charge in [-0.2, -0.15) is 0 Å². The van der Waals surface area contributed by atoms with Crippen molar-refractivity contribution in [1.29, 1.82) is 0 Å². The molecule has 1 atom stereocenters. The number of aryl methyl sites for hydroxylation is 2. The fraction of sp³-hybridized carbons (Fsp3) is 0.533. The molecule has 0 spiro atoms. The Morgan fingerprint density at radius 1 is 1.32 bits per heavy atom. The smallest absolute Gasteiger partial charge is 0.322 e. The van der Waals surface area contributed by atoms with E-state index in [1.807, 2.05) is 0 Å². The van der Waals surface area contributed by atoms with Crippen molar-refractivity contribution in [2.24, 2.45) is 0 Å². The maximum Gasteiger partial charge on any atom is 0.322 e. The second-order valence-electron chi connectivity index (χ2n) is 5.70. The summed E-state index contributed by atoms with van der Waals surface area (Å²) < 4.78 is 0. The Bertz CT molecular complexity index is 588. The van der Waals surface area contributed by atoms with Crippen molar-refractivity contribution in [2.45, 2.75) is 51.1 Å². The summed E-state index contributed by atoms with van der Waals surface area (Å²) in [5.41, 5.74) is 1.44. The number of imide groups is 1. The van der Waals surface area contributed by atoms with Gasteiger partial charge in [-0.3, -0.25) is 14.9 Å². The maximum atomic E-state index is 11.9. The van der Waals surface area contributed by atoms with Gasteiger partial charge in [0.1, 0.15) is 6.04 Å². The third kappa shape index (κ3) is 3.47. The summed E-state index contributed by atoms with van der Waals surface area (Å²) >= 11 is 1.79. The molecule has 1 saturated heterocycles. The molecule has 0 saturated carbocycles. The third-order valence-electron chi connectivity index (χ3n) is 4.03. The van der Waals surface area contributed by atoms with Gasteiger partial charge in [0, 0.05) is 16.2 Å². The second-order valence-corrected chi connectivity index (χ2v) is 6.92. The molecule has 4 amide bonds. The number of rotatable bonds is 5. The van der Waals surface area contributed by atoms with Gasteiger partial charge < -0.3 is 10.6 Å². The van der Waals surface area contributed by atoms with Gasteiger partial charge in [-0.1, -0.05) is 0 Å². The number of amides is 4. The van der Waals surface area contributed by atoms with E-state index >= 15 is 0 Å². The monoisotopic (exact) mass is 321 g/mol. The highest BCUT2D eigenvalue weighted by Crippen LogP contribution is 2.29. The van der Waals surface area contributed by atoms with Crippen molar-refractivity contribution >= 4 is 29.2 Å². The largest absolute Gasteiger partial charge is 0.351 e. The normalized spacial score (nSPS) is 20.3. The lowest BCUT2D eigenvalue weighted by atomic mass is 9.99. The quantitative estimate of drug-likeness (QED) is 0.713. The Labute approximate surface area is 132 Å². The molecule has 6 nitrogen and oxygen atoms in total. The van der Waals surface area contributed by atoms with Crippen LogP contribution in [0, 0.1) is 0 Å². The minimum absolute atomic E-state index is 0.0969. The zero-order valence-electron chi connectivity index (χ0n) is 12.2. The Kier molecular flexibility index (Phi) is 4.42. The Morgan fingerprint density at radius 2 is 2.14 bits per heavy atom. The third-order valence-corrected chi connectivity index (χ3v) is 5.26. The molecular weight excluding hydrogens is 302 g/mol. The van der Waals surface area contributed by atoms with Crippen LogP contribution in [0.2, 0.25) is 0 Å². The van der Waals surface area contributed by atoms with Crippen molar-refractivity contribution in [3.05, 3.63) is 21.4 Å². The summed E-state index contributed by atoms with van der Waals surface area (Å²) in [4.78, 5) is 36.8. The molecule has 2 aliphatic rings. The van der Waals surface area contributed by atoms with Crippen LogP contribution in [0.15, 0.2) is 6.07 Å². The molecule has 3 N–H and O–H groups in total. The standard InChI is InChI=1S/C15H19N3O3S/c19-13(6-5-11-14(20)18-15(21)17-11)16-8-10-7-9-3-1-2-4-12(9)22-10/h7,11H,1-6,8H2,(H,16,19)(H2,17,18,20,21)/t11-/m1/s1. The first-order valence-corrected chi connectivity index (χ1v) is 8.42. The van der Waals surface area contributed by atoms with Crippen LogP contribution in [0.4, 0.5) is 4.79 Å². The summed E-state index contributed by atoms with van der Waals surface area (Å²) in [6.45, 7) is 0.541. The lowest BCUT2D eigenvalue weighted by Gasteiger charge is -2.08. The Hall–Kier alpha value is -1.89. The number of hydrogen-bond donors (Lipinski definition) is 3. The first kappa shape index (κ1) is 15.0. The first-order valence-electron chi connectivity index (χ1n) is 7.60. The molecule has 0 radical (unpaired) electrons. The molecule has 2 heterocycles. The minimum atomic E-state index is -0.590. The minimum Gasteiger partial charge on any atom is -0.351 e. The number of nitrogens with one attached hydrogen (secondary N) is 3. The van der Waals surface area contributed by atoms with Crippen LogP contribution in [0.1, 0.15) is 41.0 Å². The highest BCUT2D eigenvalue weighted by atomic mass is 32.1. The fourth-order valence-corrected chi connectivity index (χ4v) is 4.05. The topological polar surface area (TPSA) is 87.3 Å². The van der Waals surface area contributed by atoms with Crippen LogP contribution >= 0.6 is 11.3 Å². The molecule has 1 aromatic heterocycles. The van der Waals surface area contributed by atoms with Gasteiger partial charge in [0.05, 0.1) is 6.54 Å². The number of carbonyl (C=O) groups excluding carboxylic acids is 3. The maximum absolute atomic E-state index is 11.9. The van der Waals surface area contributed by atoms with E-state index in [-0.39, 0.29) is 18.2 Å². The molecule has 22 heavy (non-hydrogen) atoms. The van der Waals surface area contributed by atoms with Gasteiger partial charge in [-0.25, -0.2) is 4.79 Å². The van der Waals surface area contributed by atoms with Crippen molar-refractivity contribution in [3.63, 3.8) is 0 Å². The number of carbonyl (C=O) groups is 3. The first-order chi connectivity index (χ1) is 10.6. The van der Waals surface area contributed by atoms with E-state index in [1.54, 1.807) is 11.3 Å². The fourth-order valence-electron chi connectivity index (χ4n) is 2.85. The number of fused-ring (bicyclic) bond motifs is 1. The average molecular weight is 321 g/mol. The van der Waals surface area contributed by atoms with Gasteiger partial charge in [0.25, 0.3) is 5.91 Å². The summed E-state index contributed by atoms with van der Waals surface area (Å²) in [5.74, 6) is -0.455. The van der Waals surface area contributed by atoms with E-state index in [0.29, 0.717) is 13.0 Å². The lowest BCUT2D eigenvalue weighted by Crippen LogP contribution is -2.31. The summed E-state index contributed by atoms with van der Waals surface area (Å²) in [6, 6.07) is 1.12. The molecule has 1 aliphatic heterocycles. The molecule has 0 unspecified atom stereocenters. The van der Waals surface area contributed by atoms with Crippen LogP contribution < -0.4 is 16.0 Å². The summed E-state index contributed by atoms with van der Waals surface area (Å²) in [7, 11) is 0. The molecular formula is C15H19N3O3S. The van der Waals surface area contributed by atoms with E-state index in [2.05, 4.69) is 22.0 Å². The van der Waals surface area contributed by atoms with Crippen LogP contribution in [-0.4, -0.2) is 23.9 Å². The van der Waals surface area contributed by atoms with E-state index in [4.69, 9.17) is 0 Å². The van der Waals surface area contributed by atoms with Crippen molar-refractivity contribution < 1.29 is 14.4 Å². The van der Waals surface area contributed by atoms with E-state index < -0.39 is 12.1 Å². The Balaban J connectivity index is 1.43. The molecule has 1 fully saturated rings. The Morgan fingerprint density at radius 3 is 2.86 bits per heavy atom. The molecule has 0 aromatic carbocycles.